The van der Waals surface area contributed by atoms with E-state index in [1.54, 1.807) is 27.0 Å². The van der Waals surface area contributed by atoms with Crippen LogP contribution in [0, 0.1) is 0 Å². The number of aliphatic hydroxyl groups is 1. The van der Waals surface area contributed by atoms with E-state index in [0.29, 0.717) is 6.54 Å². The number of ether oxygens (including phenoxy) is 1. The van der Waals surface area contributed by atoms with Crippen molar-refractivity contribution < 1.29 is 9.84 Å². The first-order chi connectivity index (χ1) is 7.06. The first kappa shape index (κ1) is 11.2. The second kappa shape index (κ2) is 4.29. The van der Waals surface area contributed by atoms with Gasteiger partial charge in [0, 0.05) is 23.4 Å². The van der Waals surface area contributed by atoms with Gasteiger partial charge in [0.05, 0.1) is 12.7 Å². The molecule has 0 saturated heterocycles. The minimum absolute atomic E-state index is 0.0893. The average Bonchev–Trinajstić information content (AvgIpc) is 2.61. The van der Waals surface area contributed by atoms with Crippen LogP contribution in [0.2, 0.25) is 0 Å². The van der Waals surface area contributed by atoms with Gasteiger partial charge in [0.15, 0.2) is 0 Å². The molecular weight excluding hydrogens is 208 g/mol. The van der Waals surface area contributed by atoms with Crippen molar-refractivity contribution in [3.63, 3.8) is 0 Å². The molecule has 80 valence electrons. The lowest BCUT2D eigenvalue weighted by Crippen LogP contribution is -2.48. The smallest absolute Gasteiger partial charge is 0.149 e. The highest BCUT2D eigenvalue weighted by Crippen LogP contribution is 2.30. The molecule has 1 aromatic heterocycles. The van der Waals surface area contributed by atoms with E-state index in [0.717, 1.165) is 13.0 Å². The van der Waals surface area contributed by atoms with Crippen molar-refractivity contribution >= 4 is 27.0 Å². The lowest BCUT2D eigenvalue weighted by atomic mass is 9.73. The summed E-state index contributed by atoms with van der Waals surface area (Å²) in [6.45, 7) is 1.44. The largest absolute Gasteiger partial charge is 0.394 e. The van der Waals surface area contributed by atoms with Crippen molar-refractivity contribution in [1.82, 2.24) is 5.32 Å². The summed E-state index contributed by atoms with van der Waals surface area (Å²) in [7, 11) is 3.48. The van der Waals surface area contributed by atoms with E-state index in [2.05, 4.69) is 16.8 Å². The predicted molar refractivity (Wildman–Crippen MR) is 66.8 cm³/mol. The Balaban J connectivity index is 2.01. The van der Waals surface area contributed by atoms with Crippen LogP contribution in [0.1, 0.15) is 16.5 Å². The van der Waals surface area contributed by atoms with Gasteiger partial charge < -0.3 is 15.2 Å². The van der Waals surface area contributed by atoms with Gasteiger partial charge in [-0.25, -0.2) is 0 Å². The quantitative estimate of drug-likeness (QED) is 0.500. The number of rotatable bonds is 3. The summed E-state index contributed by atoms with van der Waals surface area (Å²) < 4.78 is 5.69. The molecule has 1 unspecified atom stereocenters. The van der Waals surface area contributed by atoms with E-state index in [1.165, 1.54) is 10.4 Å². The van der Waals surface area contributed by atoms with Crippen LogP contribution in [-0.2, 0) is 11.2 Å². The fourth-order valence-electron chi connectivity index (χ4n) is 1.74. The molecule has 6 heteroatoms. The Morgan fingerprint density at radius 3 is 3.20 bits per heavy atom. The zero-order valence-electron chi connectivity index (χ0n) is 9.12. The van der Waals surface area contributed by atoms with Crippen LogP contribution < -0.4 is 5.32 Å². The highest BCUT2D eigenvalue weighted by atomic mass is 32.1. The van der Waals surface area contributed by atoms with Crippen molar-refractivity contribution in [2.45, 2.75) is 18.0 Å². The SMILES string of the molecule is BC(B)(O)NCC1OCCc2sccc21. The zero-order chi connectivity index (χ0) is 10.9. The molecule has 1 aliphatic heterocycles. The van der Waals surface area contributed by atoms with E-state index >= 15 is 0 Å². The monoisotopic (exact) mass is 223 g/mol. The average molecular weight is 223 g/mol. The van der Waals surface area contributed by atoms with Gasteiger partial charge >= 0.3 is 0 Å². The molecule has 0 saturated carbocycles. The van der Waals surface area contributed by atoms with E-state index in [-0.39, 0.29) is 6.10 Å². The molecule has 2 N–H and O–H groups in total. The lowest BCUT2D eigenvalue weighted by Gasteiger charge is -2.27. The molecule has 0 amide bonds. The first-order valence-corrected chi connectivity index (χ1v) is 6.09. The van der Waals surface area contributed by atoms with Crippen LogP contribution in [0.25, 0.3) is 0 Å². The molecule has 0 fully saturated rings. The predicted octanol–water partition coefficient (Wildman–Crippen LogP) is -1.18. The second-order valence-electron chi connectivity index (χ2n) is 4.35. The maximum absolute atomic E-state index is 9.58. The Morgan fingerprint density at radius 2 is 2.47 bits per heavy atom. The maximum atomic E-state index is 9.58. The van der Waals surface area contributed by atoms with Crippen molar-refractivity contribution in [2.75, 3.05) is 13.2 Å². The molecule has 0 spiro atoms. The van der Waals surface area contributed by atoms with Crippen molar-refractivity contribution in [2.24, 2.45) is 0 Å². The van der Waals surface area contributed by atoms with E-state index in [9.17, 15) is 5.11 Å². The standard InChI is InChI=1S/C9H15B2NO2S/c10-9(11,13)12-5-7-6-2-4-15-8(6)1-3-14-7/h2,4,7,12-13H,1,3,5,10-11H2. The molecule has 15 heavy (non-hydrogen) atoms. The second-order valence-corrected chi connectivity index (χ2v) is 5.35. The van der Waals surface area contributed by atoms with Crippen LogP contribution in [0.4, 0.5) is 0 Å². The first-order valence-electron chi connectivity index (χ1n) is 5.21. The van der Waals surface area contributed by atoms with Crippen molar-refractivity contribution in [3.8, 4) is 0 Å². The number of fused-ring (bicyclic) bond motifs is 1. The van der Waals surface area contributed by atoms with Crippen molar-refractivity contribution in [1.29, 1.82) is 0 Å². The third-order valence-electron chi connectivity index (χ3n) is 2.49. The van der Waals surface area contributed by atoms with E-state index in [1.807, 2.05) is 0 Å². The van der Waals surface area contributed by atoms with E-state index < -0.39 is 5.52 Å². The number of hydrogen-bond donors (Lipinski definition) is 2. The molecule has 0 bridgehead atoms. The molecule has 1 aliphatic rings. The maximum Gasteiger partial charge on any atom is 0.149 e. The molecule has 2 heterocycles. The number of thiophene rings is 1. The number of nitrogens with one attached hydrogen (secondary N) is 1. The topological polar surface area (TPSA) is 41.5 Å². The molecular formula is C9H15B2NO2S. The van der Waals surface area contributed by atoms with Crippen LogP contribution in [0.15, 0.2) is 11.4 Å². The van der Waals surface area contributed by atoms with Gasteiger partial charge in [0.2, 0.25) is 0 Å². The Bertz CT molecular complexity index is 337. The fourth-order valence-corrected chi connectivity index (χ4v) is 2.65. The Morgan fingerprint density at radius 1 is 1.67 bits per heavy atom. The molecule has 0 aromatic carbocycles. The summed E-state index contributed by atoms with van der Waals surface area (Å²) in [6.07, 6.45) is 1.11. The highest BCUT2D eigenvalue weighted by Gasteiger charge is 2.23. The van der Waals surface area contributed by atoms with Gasteiger partial charge in [0.1, 0.15) is 15.7 Å². The molecule has 0 radical (unpaired) electrons. The minimum Gasteiger partial charge on any atom is -0.394 e. The summed E-state index contributed by atoms with van der Waals surface area (Å²) >= 11 is 1.79. The van der Waals surface area contributed by atoms with Crippen LogP contribution >= 0.6 is 11.3 Å². The molecule has 2 rings (SSSR count). The fraction of sp³-hybridized carbons (Fsp3) is 0.556. The van der Waals surface area contributed by atoms with Crippen molar-refractivity contribution in [3.05, 3.63) is 21.9 Å². The van der Waals surface area contributed by atoms with E-state index in [4.69, 9.17) is 4.74 Å². The lowest BCUT2D eigenvalue weighted by molar-refractivity contribution is 0.0328. The Hall–Kier alpha value is -0.290. The molecule has 0 aliphatic carbocycles. The third-order valence-corrected chi connectivity index (χ3v) is 3.49. The van der Waals surface area contributed by atoms with Gasteiger partial charge in [-0.15, -0.1) is 11.3 Å². The normalized spacial score (nSPS) is 21.3. The molecule has 1 aromatic rings. The minimum atomic E-state index is -0.836. The van der Waals surface area contributed by atoms with Gasteiger partial charge in [-0.1, -0.05) is 0 Å². The van der Waals surface area contributed by atoms with Crippen LogP contribution in [-0.4, -0.2) is 39.5 Å². The van der Waals surface area contributed by atoms with Gasteiger partial charge in [-0.2, -0.15) is 0 Å². The number of hydrogen-bond acceptors (Lipinski definition) is 4. The summed E-state index contributed by atoms with van der Waals surface area (Å²) in [5.74, 6) is 0. The third kappa shape index (κ3) is 2.84. The molecule has 1 atom stereocenters. The molecule has 3 nitrogen and oxygen atoms in total. The highest BCUT2D eigenvalue weighted by molar-refractivity contribution is 7.10. The summed E-state index contributed by atoms with van der Waals surface area (Å²) in [5, 5.41) is 14.7. The van der Waals surface area contributed by atoms with Gasteiger partial charge in [-0.3, -0.25) is 0 Å². The van der Waals surface area contributed by atoms with Gasteiger partial charge in [-0.05, 0) is 17.0 Å². The van der Waals surface area contributed by atoms with Gasteiger partial charge in [0.25, 0.3) is 0 Å². The van der Waals surface area contributed by atoms with Crippen LogP contribution in [0.3, 0.4) is 0 Å². The Labute approximate surface area is 95.7 Å². The van der Waals surface area contributed by atoms with Crippen LogP contribution in [0.5, 0.6) is 0 Å². The summed E-state index contributed by atoms with van der Waals surface area (Å²) in [5.41, 5.74) is 0.444. The summed E-state index contributed by atoms with van der Waals surface area (Å²) in [6, 6.07) is 2.12. The Kier molecular flexibility index (Phi) is 3.21. The zero-order valence-corrected chi connectivity index (χ0v) is 9.93. The summed E-state index contributed by atoms with van der Waals surface area (Å²) in [4.78, 5) is 1.42.